The topological polar surface area (TPSA) is 68.5 Å². The summed E-state index contributed by atoms with van der Waals surface area (Å²) >= 11 is 0. The van der Waals surface area contributed by atoms with Crippen LogP contribution in [0.4, 0.5) is 0 Å². The minimum absolute atomic E-state index is 0.0991. The van der Waals surface area contributed by atoms with Gasteiger partial charge in [-0.2, -0.15) is 0 Å². The molecular formula is C16H17NO4. The van der Waals surface area contributed by atoms with Gasteiger partial charge in [-0.3, -0.25) is 4.79 Å². The van der Waals surface area contributed by atoms with Crippen LogP contribution < -0.4 is 5.56 Å². The first-order valence-electron chi connectivity index (χ1n) is 6.61. The first kappa shape index (κ1) is 15.0. The van der Waals surface area contributed by atoms with E-state index in [4.69, 9.17) is 5.11 Å². The van der Waals surface area contributed by atoms with Crippen LogP contribution in [0.25, 0.3) is 0 Å². The molecule has 0 aliphatic rings. The monoisotopic (exact) mass is 287 g/mol. The van der Waals surface area contributed by atoms with E-state index in [-0.39, 0.29) is 18.1 Å². The van der Waals surface area contributed by atoms with E-state index >= 15 is 0 Å². The zero-order valence-electron chi connectivity index (χ0n) is 11.8. The Morgan fingerprint density at radius 3 is 2.76 bits per heavy atom. The quantitative estimate of drug-likeness (QED) is 0.843. The fourth-order valence-electron chi connectivity index (χ4n) is 2.07. The van der Waals surface area contributed by atoms with Crippen molar-refractivity contribution in [2.45, 2.75) is 19.6 Å². The second kappa shape index (κ2) is 6.85. The number of aromatic nitrogens is 1. The number of esters is 1. The van der Waals surface area contributed by atoms with Crippen molar-refractivity contribution in [3.8, 4) is 0 Å². The van der Waals surface area contributed by atoms with Gasteiger partial charge in [0.05, 0.1) is 19.3 Å². The van der Waals surface area contributed by atoms with Crippen LogP contribution in [-0.4, -0.2) is 22.8 Å². The van der Waals surface area contributed by atoms with Gasteiger partial charge in [0, 0.05) is 18.8 Å². The zero-order chi connectivity index (χ0) is 15.2. The van der Waals surface area contributed by atoms with Gasteiger partial charge < -0.3 is 14.4 Å². The van der Waals surface area contributed by atoms with E-state index in [9.17, 15) is 9.59 Å². The Morgan fingerprint density at radius 2 is 2.05 bits per heavy atom. The zero-order valence-corrected chi connectivity index (χ0v) is 11.8. The molecule has 0 bridgehead atoms. The number of carbonyl (C=O) groups excluding carboxylic acids is 1. The SMILES string of the molecule is COC(=O)c1cccc(CCn2cc(CO)ccc2=O)c1. The highest BCUT2D eigenvalue weighted by molar-refractivity contribution is 5.89. The lowest BCUT2D eigenvalue weighted by Crippen LogP contribution is -2.20. The fourth-order valence-corrected chi connectivity index (χ4v) is 2.07. The summed E-state index contributed by atoms with van der Waals surface area (Å²) in [6.07, 6.45) is 2.26. The molecule has 0 aliphatic carbocycles. The number of nitrogens with zero attached hydrogens (tertiary/aromatic N) is 1. The molecule has 1 aromatic carbocycles. The van der Waals surface area contributed by atoms with Gasteiger partial charge in [0.25, 0.3) is 5.56 Å². The average Bonchev–Trinajstić information content (AvgIpc) is 2.53. The van der Waals surface area contributed by atoms with Crippen molar-refractivity contribution in [2.75, 3.05) is 7.11 Å². The van der Waals surface area contributed by atoms with Crippen molar-refractivity contribution in [1.29, 1.82) is 0 Å². The van der Waals surface area contributed by atoms with Crippen LogP contribution in [0.2, 0.25) is 0 Å². The molecule has 1 N–H and O–H groups in total. The summed E-state index contributed by atoms with van der Waals surface area (Å²) in [4.78, 5) is 23.2. The molecule has 1 heterocycles. The summed E-state index contributed by atoms with van der Waals surface area (Å²) in [5, 5.41) is 9.10. The second-order valence-electron chi connectivity index (χ2n) is 4.67. The highest BCUT2D eigenvalue weighted by atomic mass is 16.5. The Bertz CT molecular complexity index is 691. The van der Waals surface area contributed by atoms with Crippen LogP contribution >= 0.6 is 0 Å². The number of ether oxygens (including phenoxy) is 1. The molecular weight excluding hydrogens is 270 g/mol. The maximum atomic E-state index is 11.7. The smallest absolute Gasteiger partial charge is 0.337 e. The van der Waals surface area contributed by atoms with E-state index < -0.39 is 0 Å². The number of aryl methyl sites for hydroxylation is 2. The third kappa shape index (κ3) is 3.79. The summed E-state index contributed by atoms with van der Waals surface area (Å²) in [7, 11) is 1.34. The second-order valence-corrected chi connectivity index (χ2v) is 4.67. The summed E-state index contributed by atoms with van der Waals surface area (Å²) < 4.78 is 6.23. The van der Waals surface area contributed by atoms with Gasteiger partial charge in [0.2, 0.25) is 0 Å². The van der Waals surface area contributed by atoms with Crippen molar-refractivity contribution < 1.29 is 14.6 Å². The van der Waals surface area contributed by atoms with E-state index in [0.717, 1.165) is 5.56 Å². The number of rotatable bonds is 5. The van der Waals surface area contributed by atoms with Crippen molar-refractivity contribution >= 4 is 5.97 Å². The normalized spacial score (nSPS) is 10.4. The summed E-state index contributed by atoms with van der Waals surface area (Å²) in [5.74, 6) is -0.378. The molecule has 0 fully saturated rings. The number of carbonyl (C=O) groups is 1. The molecule has 1 aromatic heterocycles. The molecule has 2 aromatic rings. The molecule has 0 unspecified atom stereocenters. The highest BCUT2D eigenvalue weighted by Gasteiger charge is 2.06. The van der Waals surface area contributed by atoms with Crippen molar-refractivity contribution in [1.82, 2.24) is 4.57 Å². The van der Waals surface area contributed by atoms with Gasteiger partial charge >= 0.3 is 5.97 Å². The van der Waals surface area contributed by atoms with Crippen LogP contribution in [-0.2, 0) is 24.3 Å². The molecule has 5 nitrogen and oxygen atoms in total. The molecule has 0 amide bonds. The first-order chi connectivity index (χ1) is 10.1. The Hall–Kier alpha value is -2.40. The highest BCUT2D eigenvalue weighted by Crippen LogP contribution is 2.08. The molecule has 110 valence electrons. The number of aliphatic hydroxyl groups excluding tert-OH is 1. The number of aliphatic hydroxyl groups is 1. The molecule has 0 saturated heterocycles. The first-order valence-corrected chi connectivity index (χ1v) is 6.61. The van der Waals surface area contributed by atoms with Crippen molar-refractivity contribution in [3.63, 3.8) is 0 Å². The third-order valence-electron chi connectivity index (χ3n) is 3.22. The Labute approximate surface area is 122 Å². The number of pyridine rings is 1. The third-order valence-corrected chi connectivity index (χ3v) is 3.22. The average molecular weight is 287 g/mol. The Morgan fingerprint density at radius 1 is 1.24 bits per heavy atom. The van der Waals surface area contributed by atoms with E-state index in [1.807, 2.05) is 6.07 Å². The van der Waals surface area contributed by atoms with Gasteiger partial charge in [0.1, 0.15) is 0 Å². The Kier molecular flexibility index (Phi) is 4.90. The molecule has 0 atom stereocenters. The lowest BCUT2D eigenvalue weighted by molar-refractivity contribution is 0.0600. The van der Waals surface area contributed by atoms with Gasteiger partial charge in [-0.15, -0.1) is 0 Å². The van der Waals surface area contributed by atoms with Crippen molar-refractivity contribution in [3.05, 3.63) is 69.6 Å². The predicted octanol–water partition coefficient (Wildman–Crippen LogP) is 1.37. The molecule has 21 heavy (non-hydrogen) atoms. The van der Waals surface area contributed by atoms with Crippen LogP contribution in [0.5, 0.6) is 0 Å². The van der Waals surface area contributed by atoms with Crippen molar-refractivity contribution in [2.24, 2.45) is 0 Å². The molecule has 0 aliphatic heterocycles. The van der Waals surface area contributed by atoms with Crippen LogP contribution in [0.15, 0.2) is 47.4 Å². The van der Waals surface area contributed by atoms with E-state index in [1.54, 1.807) is 35.0 Å². The fraction of sp³-hybridized carbons (Fsp3) is 0.250. The standard InChI is InChI=1S/C16H17NO4/c1-21-16(20)14-4-2-3-12(9-14)7-8-17-10-13(11-18)5-6-15(17)19/h2-6,9-10,18H,7-8,11H2,1H3. The van der Waals surface area contributed by atoms with Crippen LogP contribution in [0, 0.1) is 0 Å². The number of hydrogen-bond acceptors (Lipinski definition) is 4. The summed E-state index contributed by atoms with van der Waals surface area (Å²) in [5.41, 5.74) is 2.01. The predicted molar refractivity (Wildman–Crippen MR) is 78.1 cm³/mol. The van der Waals surface area contributed by atoms with Gasteiger partial charge in [-0.05, 0) is 35.7 Å². The van der Waals surface area contributed by atoms with Crippen LogP contribution in [0.1, 0.15) is 21.5 Å². The largest absolute Gasteiger partial charge is 0.465 e. The van der Waals surface area contributed by atoms with Crippen LogP contribution in [0.3, 0.4) is 0 Å². The molecule has 2 rings (SSSR count). The molecule has 0 spiro atoms. The number of methoxy groups -OCH3 is 1. The molecule has 5 heteroatoms. The van der Waals surface area contributed by atoms with Gasteiger partial charge in [-0.1, -0.05) is 12.1 Å². The summed E-state index contributed by atoms with van der Waals surface area (Å²) in [6, 6.07) is 10.2. The number of benzene rings is 1. The van der Waals surface area contributed by atoms with E-state index in [0.29, 0.717) is 24.1 Å². The minimum atomic E-state index is -0.378. The van der Waals surface area contributed by atoms with Gasteiger partial charge in [0.15, 0.2) is 0 Å². The van der Waals surface area contributed by atoms with E-state index in [1.165, 1.54) is 13.2 Å². The lowest BCUT2D eigenvalue weighted by atomic mass is 10.1. The van der Waals surface area contributed by atoms with Gasteiger partial charge in [-0.25, -0.2) is 4.79 Å². The minimum Gasteiger partial charge on any atom is -0.465 e. The summed E-state index contributed by atoms with van der Waals surface area (Å²) in [6.45, 7) is 0.384. The molecule has 0 radical (unpaired) electrons. The Balaban J connectivity index is 2.13. The van der Waals surface area contributed by atoms with E-state index in [2.05, 4.69) is 4.74 Å². The maximum absolute atomic E-state index is 11.7. The maximum Gasteiger partial charge on any atom is 0.337 e. The molecule has 0 saturated carbocycles. The number of hydrogen-bond donors (Lipinski definition) is 1. The lowest BCUT2D eigenvalue weighted by Gasteiger charge is -2.08.